The highest BCUT2D eigenvalue weighted by molar-refractivity contribution is 7.99. The number of benzene rings is 3. The van der Waals surface area contributed by atoms with Crippen molar-refractivity contribution in [2.75, 3.05) is 0 Å². The van der Waals surface area contributed by atoms with E-state index >= 15 is 0 Å². The second-order valence-electron chi connectivity index (χ2n) is 6.77. The van der Waals surface area contributed by atoms with Crippen LogP contribution < -0.4 is 0 Å². The molecular formula is C23H19F2N3S. The smallest absolute Gasteiger partial charge is 0.196 e. The molecule has 6 heteroatoms. The first kappa shape index (κ1) is 19.3. The fourth-order valence-electron chi connectivity index (χ4n) is 3.05. The van der Waals surface area contributed by atoms with Crippen LogP contribution in [0.15, 0.2) is 78.0 Å². The van der Waals surface area contributed by atoms with Gasteiger partial charge >= 0.3 is 0 Å². The summed E-state index contributed by atoms with van der Waals surface area (Å²) in [6.07, 6.45) is 0. The lowest BCUT2D eigenvalue weighted by atomic mass is 10.2. The van der Waals surface area contributed by atoms with Crippen molar-refractivity contribution in [1.82, 2.24) is 14.8 Å². The highest BCUT2D eigenvalue weighted by atomic mass is 32.2. The van der Waals surface area contributed by atoms with Crippen molar-refractivity contribution in [2.24, 2.45) is 0 Å². The fourth-order valence-corrected chi connectivity index (χ4v) is 4.04. The van der Waals surface area contributed by atoms with Gasteiger partial charge in [0.1, 0.15) is 11.6 Å². The maximum atomic E-state index is 14.5. The molecule has 0 amide bonds. The molecule has 146 valence electrons. The molecule has 4 aromatic rings. The van der Waals surface area contributed by atoms with Gasteiger partial charge in [0.2, 0.25) is 0 Å². The Morgan fingerprint density at radius 3 is 2.24 bits per heavy atom. The number of aryl methyl sites for hydroxylation is 1. The quantitative estimate of drug-likeness (QED) is 0.360. The highest BCUT2D eigenvalue weighted by Crippen LogP contribution is 2.37. The number of thioether (sulfide) groups is 1. The molecule has 0 aliphatic rings. The van der Waals surface area contributed by atoms with E-state index in [2.05, 4.69) is 10.2 Å². The molecule has 0 unspecified atom stereocenters. The van der Waals surface area contributed by atoms with Crippen molar-refractivity contribution in [2.45, 2.75) is 24.3 Å². The minimum atomic E-state index is -0.351. The molecule has 0 N–H and O–H groups in total. The van der Waals surface area contributed by atoms with E-state index in [0.29, 0.717) is 16.5 Å². The lowest BCUT2D eigenvalue weighted by Crippen LogP contribution is -2.02. The fraction of sp³-hybridized carbons (Fsp3) is 0.130. The van der Waals surface area contributed by atoms with Crippen LogP contribution in [-0.2, 0) is 0 Å². The minimum absolute atomic E-state index is 0.0115. The van der Waals surface area contributed by atoms with Crippen LogP contribution >= 0.6 is 11.8 Å². The molecule has 0 aliphatic heterocycles. The largest absolute Gasteiger partial charge is 0.270 e. The van der Waals surface area contributed by atoms with Crippen molar-refractivity contribution in [3.05, 3.63) is 95.6 Å². The maximum Gasteiger partial charge on any atom is 0.196 e. The third-order valence-corrected chi connectivity index (χ3v) is 5.76. The third kappa shape index (κ3) is 4.07. The second kappa shape index (κ2) is 8.17. The van der Waals surface area contributed by atoms with Crippen LogP contribution in [0.2, 0.25) is 0 Å². The van der Waals surface area contributed by atoms with Gasteiger partial charge in [-0.15, -0.1) is 10.2 Å². The first-order chi connectivity index (χ1) is 14.0. The maximum absolute atomic E-state index is 14.5. The van der Waals surface area contributed by atoms with Gasteiger partial charge in [-0.2, -0.15) is 0 Å². The summed E-state index contributed by atoms with van der Waals surface area (Å²) in [5.41, 5.74) is 3.35. The Labute approximate surface area is 172 Å². The van der Waals surface area contributed by atoms with E-state index in [9.17, 15) is 8.78 Å². The molecule has 0 fully saturated rings. The van der Waals surface area contributed by atoms with Gasteiger partial charge in [-0.05, 0) is 55.8 Å². The summed E-state index contributed by atoms with van der Waals surface area (Å²) in [7, 11) is 0. The van der Waals surface area contributed by atoms with E-state index in [1.165, 1.54) is 30.0 Å². The summed E-state index contributed by atoms with van der Waals surface area (Å²) in [6.45, 7) is 4.04. The van der Waals surface area contributed by atoms with Crippen LogP contribution in [0, 0.1) is 18.6 Å². The molecule has 1 aromatic heterocycles. The van der Waals surface area contributed by atoms with E-state index in [1.807, 2.05) is 42.7 Å². The molecular weight excluding hydrogens is 388 g/mol. The van der Waals surface area contributed by atoms with Crippen LogP contribution in [-0.4, -0.2) is 14.8 Å². The Morgan fingerprint density at radius 1 is 0.862 bits per heavy atom. The molecule has 3 aromatic carbocycles. The van der Waals surface area contributed by atoms with Crippen LogP contribution in [0.4, 0.5) is 8.78 Å². The van der Waals surface area contributed by atoms with Gasteiger partial charge in [0.05, 0.1) is 5.56 Å². The number of aromatic nitrogens is 3. The molecule has 0 saturated carbocycles. The van der Waals surface area contributed by atoms with Crippen molar-refractivity contribution in [1.29, 1.82) is 0 Å². The standard InChI is InChI=1S/C23H19F2N3S/c1-15-7-13-19(14-8-15)28-22(20-5-3-4-6-21(20)25)26-27-23(28)29-16(2)17-9-11-18(24)12-10-17/h3-14,16H,1-2H3/t16-/m0/s1. The Balaban J connectivity index is 1.78. The molecule has 0 bridgehead atoms. The highest BCUT2D eigenvalue weighted by Gasteiger charge is 2.20. The van der Waals surface area contributed by atoms with Crippen LogP contribution in [0.3, 0.4) is 0 Å². The van der Waals surface area contributed by atoms with Gasteiger partial charge in [-0.1, -0.05) is 53.7 Å². The lowest BCUT2D eigenvalue weighted by Gasteiger charge is -2.14. The number of nitrogens with zero attached hydrogens (tertiary/aromatic N) is 3. The number of rotatable bonds is 5. The monoisotopic (exact) mass is 407 g/mol. The van der Waals surface area contributed by atoms with Gasteiger partial charge in [-0.25, -0.2) is 8.78 Å². The van der Waals surface area contributed by atoms with Crippen molar-refractivity contribution in [3.8, 4) is 17.1 Å². The predicted molar refractivity (Wildman–Crippen MR) is 112 cm³/mol. The Bertz CT molecular complexity index is 1120. The van der Waals surface area contributed by atoms with Crippen LogP contribution in [0.25, 0.3) is 17.1 Å². The lowest BCUT2D eigenvalue weighted by molar-refractivity contribution is 0.627. The number of hydrogen-bond donors (Lipinski definition) is 0. The minimum Gasteiger partial charge on any atom is -0.270 e. The van der Waals surface area contributed by atoms with E-state index in [1.54, 1.807) is 30.3 Å². The summed E-state index contributed by atoms with van der Waals surface area (Å²) in [5, 5.41) is 9.30. The Morgan fingerprint density at radius 2 is 1.55 bits per heavy atom. The van der Waals surface area contributed by atoms with Crippen molar-refractivity contribution in [3.63, 3.8) is 0 Å². The molecule has 3 nitrogen and oxygen atoms in total. The summed E-state index contributed by atoms with van der Waals surface area (Å²) in [5.74, 6) is -0.173. The molecule has 1 heterocycles. The van der Waals surface area contributed by atoms with Gasteiger partial charge in [-0.3, -0.25) is 4.57 Å². The molecule has 29 heavy (non-hydrogen) atoms. The first-order valence-electron chi connectivity index (χ1n) is 9.22. The predicted octanol–water partition coefficient (Wildman–Crippen LogP) is 6.37. The average molecular weight is 407 g/mol. The molecule has 1 atom stereocenters. The number of halogens is 2. The van der Waals surface area contributed by atoms with Crippen LogP contribution in [0.1, 0.15) is 23.3 Å². The van der Waals surface area contributed by atoms with Gasteiger partial charge < -0.3 is 0 Å². The molecule has 0 saturated heterocycles. The second-order valence-corrected chi connectivity index (χ2v) is 8.08. The molecule has 0 spiro atoms. The van der Waals surface area contributed by atoms with E-state index in [0.717, 1.165) is 16.8 Å². The Hall–Kier alpha value is -2.99. The molecule has 0 radical (unpaired) electrons. The molecule has 4 rings (SSSR count). The third-order valence-electron chi connectivity index (χ3n) is 4.66. The van der Waals surface area contributed by atoms with Crippen molar-refractivity contribution >= 4 is 11.8 Å². The van der Waals surface area contributed by atoms with E-state index in [-0.39, 0.29) is 16.9 Å². The van der Waals surface area contributed by atoms with E-state index in [4.69, 9.17) is 0 Å². The number of hydrogen-bond acceptors (Lipinski definition) is 3. The zero-order valence-electron chi connectivity index (χ0n) is 16.0. The summed E-state index contributed by atoms with van der Waals surface area (Å²) in [6, 6.07) is 20.9. The van der Waals surface area contributed by atoms with Gasteiger partial charge in [0.25, 0.3) is 0 Å². The van der Waals surface area contributed by atoms with E-state index < -0.39 is 0 Å². The first-order valence-corrected chi connectivity index (χ1v) is 10.1. The normalized spacial score (nSPS) is 12.1. The summed E-state index contributed by atoms with van der Waals surface area (Å²) >= 11 is 1.49. The van der Waals surface area contributed by atoms with Gasteiger partial charge in [0, 0.05) is 10.9 Å². The van der Waals surface area contributed by atoms with Crippen molar-refractivity contribution < 1.29 is 8.78 Å². The SMILES string of the molecule is Cc1ccc(-n2c(S[C@@H](C)c3ccc(F)cc3)nnc2-c2ccccc2F)cc1. The Kier molecular flexibility index (Phi) is 5.45. The van der Waals surface area contributed by atoms with Gasteiger partial charge in [0.15, 0.2) is 11.0 Å². The topological polar surface area (TPSA) is 30.7 Å². The zero-order valence-corrected chi connectivity index (χ0v) is 16.8. The summed E-state index contributed by atoms with van der Waals surface area (Å²) in [4.78, 5) is 0. The average Bonchev–Trinajstić information content (AvgIpc) is 3.12. The summed E-state index contributed by atoms with van der Waals surface area (Å²) < 4.78 is 29.6. The van der Waals surface area contributed by atoms with Crippen LogP contribution in [0.5, 0.6) is 0 Å². The molecule has 0 aliphatic carbocycles. The zero-order chi connectivity index (χ0) is 20.4.